The van der Waals surface area contributed by atoms with Gasteiger partial charge in [-0.25, -0.2) is 18.2 Å². The van der Waals surface area contributed by atoms with Gasteiger partial charge < -0.3 is 15.2 Å². The third-order valence-electron chi connectivity index (χ3n) is 5.62. The van der Waals surface area contributed by atoms with Crippen LogP contribution in [0.15, 0.2) is 60.8 Å². The predicted octanol–water partition coefficient (Wildman–Crippen LogP) is 4.88. The highest BCUT2D eigenvalue weighted by Crippen LogP contribution is 2.28. The van der Waals surface area contributed by atoms with E-state index in [4.69, 9.17) is 4.74 Å². The van der Waals surface area contributed by atoms with Crippen LogP contribution in [0.1, 0.15) is 47.2 Å². The minimum absolute atomic E-state index is 0.193. The molecule has 4 rings (SSSR count). The average molecular weight is 483 g/mol. The molecule has 2 aromatic carbocycles. The molecule has 1 amide bonds. The number of aliphatic hydroxyl groups is 1. The van der Waals surface area contributed by atoms with Crippen molar-refractivity contribution >= 4 is 11.6 Å². The Morgan fingerprint density at radius 3 is 2.37 bits per heavy atom. The number of imidazole rings is 1. The summed E-state index contributed by atoms with van der Waals surface area (Å²) in [5, 5.41) is 13.5. The molecule has 6 nitrogen and oxygen atoms in total. The van der Waals surface area contributed by atoms with Crippen molar-refractivity contribution in [1.29, 1.82) is 0 Å². The summed E-state index contributed by atoms with van der Waals surface area (Å²) in [7, 11) is 0. The van der Waals surface area contributed by atoms with Crippen molar-refractivity contribution in [2.75, 3.05) is 0 Å². The number of halogens is 3. The number of ether oxygens (including phenoxy) is 1. The first kappa shape index (κ1) is 24.3. The van der Waals surface area contributed by atoms with Crippen LogP contribution < -0.4 is 10.1 Å². The number of aromatic nitrogens is 2. The second-order valence-electron chi connectivity index (χ2n) is 8.71. The Bertz CT molecular complexity index is 1360. The molecule has 0 saturated carbocycles. The lowest BCUT2D eigenvalue weighted by atomic mass is 9.91. The second-order valence-corrected chi connectivity index (χ2v) is 8.71. The van der Waals surface area contributed by atoms with E-state index in [0.29, 0.717) is 11.3 Å². The number of amides is 1. The summed E-state index contributed by atoms with van der Waals surface area (Å²) in [6.45, 7) is 4.35. The van der Waals surface area contributed by atoms with Crippen LogP contribution in [-0.2, 0) is 6.61 Å². The third kappa shape index (κ3) is 5.00. The van der Waals surface area contributed by atoms with Crippen LogP contribution in [0.5, 0.6) is 5.75 Å². The maximum Gasteiger partial charge on any atom is 0.270 e. The van der Waals surface area contributed by atoms with Gasteiger partial charge in [0.2, 0.25) is 0 Å². The van der Waals surface area contributed by atoms with E-state index in [1.54, 1.807) is 25.3 Å². The van der Waals surface area contributed by atoms with E-state index in [9.17, 15) is 23.1 Å². The van der Waals surface area contributed by atoms with Gasteiger partial charge >= 0.3 is 0 Å². The summed E-state index contributed by atoms with van der Waals surface area (Å²) < 4.78 is 48.5. The first-order chi connectivity index (χ1) is 16.6. The molecular formula is C26H24F3N3O3. The summed E-state index contributed by atoms with van der Waals surface area (Å²) in [5.74, 6) is -2.18. The Morgan fingerprint density at radius 1 is 1.09 bits per heavy atom. The van der Waals surface area contributed by atoms with Crippen molar-refractivity contribution < 1.29 is 27.8 Å². The number of carbonyl (C=O) groups excluding carboxylic acids is 1. The summed E-state index contributed by atoms with van der Waals surface area (Å²) in [6, 6.07) is 11.4. The van der Waals surface area contributed by atoms with Crippen LogP contribution in [-0.4, -0.2) is 26.0 Å². The molecule has 2 aromatic heterocycles. The van der Waals surface area contributed by atoms with Gasteiger partial charge in [-0.2, -0.15) is 0 Å². The van der Waals surface area contributed by atoms with E-state index in [1.165, 1.54) is 48.6 Å². The van der Waals surface area contributed by atoms with E-state index in [-0.39, 0.29) is 29.3 Å². The number of nitrogens with zero attached hydrogens (tertiary/aromatic N) is 2. The molecule has 2 heterocycles. The summed E-state index contributed by atoms with van der Waals surface area (Å²) >= 11 is 0. The highest BCUT2D eigenvalue weighted by atomic mass is 19.1. The average Bonchev–Trinajstić information content (AvgIpc) is 3.13. The summed E-state index contributed by atoms with van der Waals surface area (Å²) in [6.07, 6.45) is 1.61. The molecule has 0 radical (unpaired) electrons. The molecule has 35 heavy (non-hydrogen) atoms. The molecule has 0 fully saturated rings. The Kier molecular flexibility index (Phi) is 6.53. The molecule has 2 N–H and O–H groups in total. The van der Waals surface area contributed by atoms with Gasteiger partial charge in [-0.1, -0.05) is 18.2 Å². The number of pyridine rings is 1. The number of hydrogen-bond donors (Lipinski definition) is 2. The van der Waals surface area contributed by atoms with Crippen molar-refractivity contribution in [2.24, 2.45) is 0 Å². The van der Waals surface area contributed by atoms with Gasteiger partial charge in [-0.3, -0.25) is 9.20 Å². The fourth-order valence-corrected chi connectivity index (χ4v) is 3.88. The second kappa shape index (κ2) is 9.42. The quantitative estimate of drug-likeness (QED) is 0.393. The number of aryl methyl sites for hydroxylation is 1. The Hall–Kier alpha value is -3.85. The van der Waals surface area contributed by atoms with Crippen LogP contribution in [0.25, 0.3) is 5.65 Å². The predicted molar refractivity (Wildman–Crippen MR) is 124 cm³/mol. The number of rotatable bonds is 7. The Morgan fingerprint density at radius 2 is 1.74 bits per heavy atom. The number of hydrogen-bond acceptors (Lipinski definition) is 4. The van der Waals surface area contributed by atoms with Gasteiger partial charge in [0.25, 0.3) is 5.91 Å². The minimum Gasteiger partial charge on any atom is -0.485 e. The molecule has 0 aliphatic heterocycles. The van der Waals surface area contributed by atoms with Crippen LogP contribution in [0.4, 0.5) is 13.2 Å². The maximum atomic E-state index is 14.0. The topological polar surface area (TPSA) is 75.9 Å². The summed E-state index contributed by atoms with van der Waals surface area (Å²) in [5.41, 5.74) is -0.200. The van der Waals surface area contributed by atoms with E-state index < -0.39 is 35.0 Å². The number of benzene rings is 2. The molecule has 0 aliphatic carbocycles. The van der Waals surface area contributed by atoms with Crippen molar-refractivity contribution in [3.63, 3.8) is 0 Å². The minimum atomic E-state index is -1.36. The Labute approximate surface area is 200 Å². The summed E-state index contributed by atoms with van der Waals surface area (Å²) in [4.78, 5) is 17.7. The van der Waals surface area contributed by atoms with Crippen LogP contribution in [0.2, 0.25) is 0 Å². The van der Waals surface area contributed by atoms with Gasteiger partial charge in [0, 0.05) is 6.20 Å². The molecular weight excluding hydrogens is 459 g/mol. The maximum absolute atomic E-state index is 14.0. The number of fused-ring (bicyclic) bond motifs is 1. The fourth-order valence-electron chi connectivity index (χ4n) is 3.88. The zero-order valence-electron chi connectivity index (χ0n) is 19.3. The lowest BCUT2D eigenvalue weighted by Crippen LogP contribution is -2.42. The molecule has 0 spiro atoms. The van der Waals surface area contributed by atoms with Crippen molar-refractivity contribution in [3.05, 3.63) is 101 Å². The van der Waals surface area contributed by atoms with Crippen molar-refractivity contribution in [2.45, 2.75) is 39.0 Å². The van der Waals surface area contributed by atoms with E-state index >= 15 is 0 Å². The fraction of sp³-hybridized carbons (Fsp3) is 0.231. The van der Waals surface area contributed by atoms with Gasteiger partial charge in [-0.05, 0) is 62.7 Å². The molecule has 9 heteroatoms. The van der Waals surface area contributed by atoms with Crippen LogP contribution in [0, 0.1) is 24.4 Å². The highest BCUT2D eigenvalue weighted by molar-refractivity contribution is 5.95. The standard InChI is InChI=1S/C26H24F3N3O3/c1-15-22(25(33)31-23(26(2,3)34)16-9-11-17(27)12-10-16)32-13-5-8-21(24(32)30-15)35-14-18-19(28)6-4-7-20(18)29/h4-13,23,34H,14H2,1-3H3,(H,31,33). The monoisotopic (exact) mass is 483 g/mol. The van der Waals surface area contributed by atoms with Gasteiger partial charge in [0.15, 0.2) is 11.4 Å². The zero-order valence-corrected chi connectivity index (χ0v) is 19.3. The first-order valence-corrected chi connectivity index (χ1v) is 10.9. The zero-order chi connectivity index (χ0) is 25.3. The van der Waals surface area contributed by atoms with E-state index in [2.05, 4.69) is 10.3 Å². The molecule has 0 saturated heterocycles. The van der Waals surface area contributed by atoms with E-state index in [1.807, 2.05) is 0 Å². The number of nitrogens with one attached hydrogen (secondary N) is 1. The first-order valence-electron chi connectivity index (χ1n) is 10.9. The highest BCUT2D eigenvalue weighted by Gasteiger charge is 2.32. The van der Waals surface area contributed by atoms with Gasteiger partial charge in [0.1, 0.15) is 29.8 Å². The van der Waals surface area contributed by atoms with Crippen molar-refractivity contribution in [1.82, 2.24) is 14.7 Å². The molecule has 182 valence electrons. The lowest BCUT2D eigenvalue weighted by molar-refractivity contribution is 0.0342. The largest absolute Gasteiger partial charge is 0.485 e. The lowest BCUT2D eigenvalue weighted by Gasteiger charge is -2.30. The molecule has 0 bridgehead atoms. The molecule has 4 aromatic rings. The molecule has 1 atom stereocenters. The normalized spacial score (nSPS) is 12.5. The van der Waals surface area contributed by atoms with Gasteiger partial charge in [0.05, 0.1) is 22.9 Å². The Balaban J connectivity index is 1.65. The van der Waals surface area contributed by atoms with Crippen LogP contribution in [0.3, 0.4) is 0 Å². The molecule has 1 unspecified atom stereocenters. The SMILES string of the molecule is Cc1nc2c(OCc3c(F)cccc3F)cccn2c1C(=O)NC(c1ccc(F)cc1)C(C)(C)O. The van der Waals surface area contributed by atoms with Crippen LogP contribution >= 0.6 is 0 Å². The number of carbonyl (C=O) groups is 1. The third-order valence-corrected chi connectivity index (χ3v) is 5.62. The van der Waals surface area contributed by atoms with Gasteiger partial charge in [-0.15, -0.1) is 0 Å². The smallest absolute Gasteiger partial charge is 0.270 e. The molecule has 0 aliphatic rings. The van der Waals surface area contributed by atoms with Crippen molar-refractivity contribution in [3.8, 4) is 5.75 Å². The van der Waals surface area contributed by atoms with E-state index in [0.717, 1.165) is 12.1 Å².